The van der Waals surface area contributed by atoms with Crippen LogP contribution in [-0.2, 0) is 0 Å². The zero-order valence-corrected chi connectivity index (χ0v) is 7.02. The van der Waals surface area contributed by atoms with Crippen LogP contribution < -0.4 is 5.32 Å². The number of hydrogen-bond donors (Lipinski definition) is 1. The second-order valence-electron chi connectivity index (χ2n) is 2.14. The van der Waals surface area contributed by atoms with Crippen molar-refractivity contribution in [3.63, 3.8) is 0 Å². The molecule has 0 saturated heterocycles. The van der Waals surface area contributed by atoms with Crippen LogP contribution in [0, 0.1) is 0 Å². The Bertz CT molecular complexity index is 180. The van der Waals surface area contributed by atoms with Crippen molar-refractivity contribution in [3.05, 3.63) is 36.3 Å². The molecule has 0 spiro atoms. The standard InChI is InChI=1S/C9H14FN/c1-4-6-9(10)8(3)11-7-5-2/h4-6,11H,2,7H2,1,3H3/b6-4-,9-8-. The van der Waals surface area contributed by atoms with Crippen LogP contribution in [0.5, 0.6) is 0 Å². The Kier molecular flexibility index (Phi) is 5.17. The van der Waals surface area contributed by atoms with Crippen molar-refractivity contribution in [1.29, 1.82) is 0 Å². The summed E-state index contributed by atoms with van der Waals surface area (Å²) in [7, 11) is 0. The summed E-state index contributed by atoms with van der Waals surface area (Å²) in [6, 6.07) is 0. The van der Waals surface area contributed by atoms with Crippen molar-refractivity contribution >= 4 is 0 Å². The van der Waals surface area contributed by atoms with Gasteiger partial charge in [0.1, 0.15) is 5.83 Å². The van der Waals surface area contributed by atoms with Gasteiger partial charge >= 0.3 is 0 Å². The van der Waals surface area contributed by atoms with E-state index in [2.05, 4.69) is 11.9 Å². The third-order valence-electron chi connectivity index (χ3n) is 1.18. The van der Waals surface area contributed by atoms with E-state index in [1.807, 2.05) is 0 Å². The van der Waals surface area contributed by atoms with Crippen LogP contribution >= 0.6 is 0 Å². The lowest BCUT2D eigenvalue weighted by molar-refractivity contribution is 0.636. The molecule has 0 unspecified atom stereocenters. The molecule has 1 N–H and O–H groups in total. The molecule has 0 aliphatic carbocycles. The van der Waals surface area contributed by atoms with Gasteiger partial charge in [0.15, 0.2) is 0 Å². The molecule has 62 valence electrons. The first kappa shape index (κ1) is 9.95. The Balaban J connectivity index is 4.03. The lowest BCUT2D eigenvalue weighted by Gasteiger charge is -2.02. The van der Waals surface area contributed by atoms with Crippen LogP contribution in [0.25, 0.3) is 0 Å². The van der Waals surface area contributed by atoms with Crippen LogP contribution in [0.3, 0.4) is 0 Å². The Morgan fingerprint density at radius 1 is 1.64 bits per heavy atom. The quantitative estimate of drug-likeness (QED) is 0.486. The highest BCUT2D eigenvalue weighted by molar-refractivity contribution is 5.16. The molecule has 0 heterocycles. The Morgan fingerprint density at radius 2 is 2.27 bits per heavy atom. The minimum Gasteiger partial charge on any atom is -0.383 e. The second-order valence-corrected chi connectivity index (χ2v) is 2.14. The van der Waals surface area contributed by atoms with E-state index in [9.17, 15) is 4.39 Å². The number of hydrogen-bond acceptors (Lipinski definition) is 1. The number of nitrogens with one attached hydrogen (secondary N) is 1. The molecular formula is C9H14FN. The fourth-order valence-electron chi connectivity index (χ4n) is 0.581. The molecule has 0 amide bonds. The van der Waals surface area contributed by atoms with Crippen LogP contribution in [0.1, 0.15) is 13.8 Å². The predicted octanol–water partition coefficient (Wildman–Crippen LogP) is 2.54. The van der Waals surface area contributed by atoms with Gasteiger partial charge in [0.2, 0.25) is 0 Å². The van der Waals surface area contributed by atoms with E-state index in [1.165, 1.54) is 6.08 Å². The van der Waals surface area contributed by atoms with E-state index in [0.29, 0.717) is 12.2 Å². The van der Waals surface area contributed by atoms with Gasteiger partial charge in [-0.25, -0.2) is 4.39 Å². The number of allylic oxidation sites excluding steroid dienone is 4. The molecule has 0 radical (unpaired) electrons. The molecule has 0 aromatic carbocycles. The molecule has 2 heteroatoms. The molecule has 0 saturated carbocycles. The highest BCUT2D eigenvalue weighted by Gasteiger charge is 1.93. The second kappa shape index (κ2) is 5.71. The van der Waals surface area contributed by atoms with Crippen molar-refractivity contribution in [2.24, 2.45) is 0 Å². The Hall–Kier alpha value is -1.05. The highest BCUT2D eigenvalue weighted by atomic mass is 19.1. The molecule has 0 bridgehead atoms. The van der Waals surface area contributed by atoms with Gasteiger partial charge in [-0.05, 0) is 19.9 Å². The van der Waals surface area contributed by atoms with Crippen molar-refractivity contribution in [2.75, 3.05) is 6.54 Å². The van der Waals surface area contributed by atoms with Crippen LogP contribution in [0.15, 0.2) is 36.3 Å². The van der Waals surface area contributed by atoms with Crippen molar-refractivity contribution in [1.82, 2.24) is 5.32 Å². The van der Waals surface area contributed by atoms with Gasteiger partial charge in [0, 0.05) is 12.2 Å². The van der Waals surface area contributed by atoms with Gasteiger partial charge in [0.05, 0.1) is 0 Å². The fourth-order valence-corrected chi connectivity index (χ4v) is 0.581. The largest absolute Gasteiger partial charge is 0.383 e. The van der Waals surface area contributed by atoms with Crippen LogP contribution in [0.4, 0.5) is 4.39 Å². The smallest absolute Gasteiger partial charge is 0.141 e. The predicted molar refractivity (Wildman–Crippen MR) is 46.8 cm³/mol. The number of halogens is 1. The average Bonchev–Trinajstić information content (AvgIpc) is 2.00. The summed E-state index contributed by atoms with van der Waals surface area (Å²) in [6.45, 7) is 7.58. The maximum Gasteiger partial charge on any atom is 0.141 e. The Morgan fingerprint density at radius 3 is 2.73 bits per heavy atom. The third-order valence-corrected chi connectivity index (χ3v) is 1.18. The van der Waals surface area contributed by atoms with Gasteiger partial charge in [-0.3, -0.25) is 0 Å². The summed E-state index contributed by atoms with van der Waals surface area (Å²) in [5.41, 5.74) is 0.544. The summed E-state index contributed by atoms with van der Waals surface area (Å²) < 4.78 is 12.8. The summed E-state index contributed by atoms with van der Waals surface area (Å²) >= 11 is 0. The zero-order chi connectivity index (χ0) is 8.69. The molecule has 11 heavy (non-hydrogen) atoms. The Labute approximate surface area is 67.3 Å². The van der Waals surface area contributed by atoms with Crippen molar-refractivity contribution < 1.29 is 4.39 Å². The zero-order valence-electron chi connectivity index (χ0n) is 7.02. The molecule has 0 atom stereocenters. The van der Waals surface area contributed by atoms with E-state index in [1.54, 1.807) is 26.0 Å². The summed E-state index contributed by atoms with van der Waals surface area (Å²) in [4.78, 5) is 0. The molecule has 0 aliphatic rings. The summed E-state index contributed by atoms with van der Waals surface area (Å²) in [5, 5.41) is 2.85. The third kappa shape index (κ3) is 4.37. The molecule has 0 rings (SSSR count). The van der Waals surface area contributed by atoms with Gasteiger partial charge in [-0.2, -0.15) is 0 Å². The topological polar surface area (TPSA) is 12.0 Å². The highest BCUT2D eigenvalue weighted by Crippen LogP contribution is 2.03. The maximum atomic E-state index is 12.8. The molecule has 0 aromatic heterocycles. The molecule has 0 aliphatic heterocycles. The van der Waals surface area contributed by atoms with Crippen LogP contribution in [-0.4, -0.2) is 6.54 Å². The van der Waals surface area contributed by atoms with Crippen molar-refractivity contribution in [2.45, 2.75) is 13.8 Å². The summed E-state index contributed by atoms with van der Waals surface area (Å²) in [6.07, 6.45) is 4.77. The van der Waals surface area contributed by atoms with E-state index in [0.717, 1.165) is 0 Å². The SMILES string of the molecule is C=CCN/C(C)=C(F)/C=C\C. The average molecular weight is 155 g/mol. The monoisotopic (exact) mass is 155 g/mol. The van der Waals surface area contributed by atoms with Crippen molar-refractivity contribution in [3.8, 4) is 0 Å². The van der Waals surface area contributed by atoms with Gasteiger partial charge in [0.25, 0.3) is 0 Å². The van der Waals surface area contributed by atoms with E-state index in [4.69, 9.17) is 0 Å². The van der Waals surface area contributed by atoms with E-state index >= 15 is 0 Å². The maximum absolute atomic E-state index is 12.8. The minimum absolute atomic E-state index is 0.227. The first-order chi connectivity index (χ1) is 5.22. The van der Waals surface area contributed by atoms with E-state index in [-0.39, 0.29) is 5.83 Å². The lowest BCUT2D eigenvalue weighted by Crippen LogP contribution is -2.11. The normalized spacial score (nSPS) is 13.0. The molecule has 1 nitrogen and oxygen atoms in total. The molecular weight excluding hydrogens is 141 g/mol. The van der Waals surface area contributed by atoms with Gasteiger partial charge in [-0.15, -0.1) is 6.58 Å². The fraction of sp³-hybridized carbons (Fsp3) is 0.333. The van der Waals surface area contributed by atoms with E-state index < -0.39 is 0 Å². The lowest BCUT2D eigenvalue weighted by atomic mass is 10.3. The van der Waals surface area contributed by atoms with Gasteiger partial charge < -0.3 is 5.32 Å². The van der Waals surface area contributed by atoms with Gasteiger partial charge in [-0.1, -0.05) is 12.2 Å². The first-order valence-corrected chi connectivity index (χ1v) is 3.56. The first-order valence-electron chi connectivity index (χ1n) is 3.56. The molecule has 0 fully saturated rings. The minimum atomic E-state index is -0.227. The molecule has 0 aromatic rings. The number of rotatable bonds is 4. The summed E-state index contributed by atoms with van der Waals surface area (Å²) in [5.74, 6) is -0.227. The van der Waals surface area contributed by atoms with Crippen LogP contribution in [0.2, 0.25) is 0 Å².